The normalized spacial score (nSPS) is 31.0. The lowest BCUT2D eigenvalue weighted by Gasteiger charge is -2.40. The molecule has 2 bridgehead atoms. The Hall–Kier alpha value is -0.430. The number of hydrogen-bond donors (Lipinski definition) is 2. The van der Waals surface area contributed by atoms with Crippen LogP contribution in [0.3, 0.4) is 0 Å². The molecule has 2 fully saturated rings. The Balaban J connectivity index is 1.88. The van der Waals surface area contributed by atoms with E-state index in [1.165, 1.54) is 31.4 Å². The summed E-state index contributed by atoms with van der Waals surface area (Å²) in [6.07, 6.45) is 7.00. The minimum atomic E-state index is 0.168. The lowest BCUT2D eigenvalue weighted by Crippen LogP contribution is -2.45. The van der Waals surface area contributed by atoms with Gasteiger partial charge in [0.1, 0.15) is 0 Å². The second-order valence-electron chi connectivity index (χ2n) is 6.84. The average Bonchev–Trinajstić information content (AvgIpc) is 2.89. The van der Waals surface area contributed by atoms with Crippen molar-refractivity contribution in [2.45, 2.75) is 63.7 Å². The summed E-state index contributed by atoms with van der Waals surface area (Å²) in [6.45, 7) is 4.32. The molecule has 2 aliphatic rings. The number of hydrogen-bond acceptors (Lipinski definition) is 4. The molecular weight excluding hydrogens is 330 g/mol. The van der Waals surface area contributed by atoms with Crippen molar-refractivity contribution >= 4 is 15.9 Å². The Kier molecular flexibility index (Phi) is 4.41. The smallest absolute Gasteiger partial charge is 0.0715 e. The molecule has 3 rings (SSSR count). The molecule has 118 valence electrons. The minimum Gasteiger partial charge on any atom is -0.300 e. The van der Waals surface area contributed by atoms with Crippen molar-refractivity contribution in [1.82, 2.24) is 20.1 Å². The van der Waals surface area contributed by atoms with E-state index in [1.54, 1.807) is 0 Å². The molecule has 1 aromatic rings. The summed E-state index contributed by atoms with van der Waals surface area (Å²) in [5.41, 5.74) is 4.28. The van der Waals surface area contributed by atoms with Crippen molar-refractivity contribution < 1.29 is 0 Å². The van der Waals surface area contributed by atoms with Gasteiger partial charge >= 0.3 is 0 Å². The molecule has 3 unspecified atom stereocenters. The summed E-state index contributed by atoms with van der Waals surface area (Å²) in [5, 5.41) is 4.51. The number of fused-ring (bicyclic) bond motifs is 2. The lowest BCUT2D eigenvalue weighted by molar-refractivity contribution is 0.110. The first kappa shape index (κ1) is 15.5. The molecule has 0 aliphatic carbocycles. The zero-order valence-electron chi connectivity index (χ0n) is 13.1. The van der Waals surface area contributed by atoms with Crippen molar-refractivity contribution in [2.75, 3.05) is 7.05 Å². The molecule has 2 saturated heterocycles. The summed E-state index contributed by atoms with van der Waals surface area (Å²) < 4.78 is 3.15. The third-order valence-electron chi connectivity index (χ3n) is 5.36. The lowest BCUT2D eigenvalue weighted by atomic mass is 9.84. The second-order valence-corrected chi connectivity index (χ2v) is 7.70. The molecule has 0 aromatic carbocycles. The Bertz CT molecular complexity index is 486. The van der Waals surface area contributed by atoms with Gasteiger partial charge in [-0.2, -0.15) is 5.10 Å². The van der Waals surface area contributed by atoms with Crippen molar-refractivity contribution in [3.05, 3.63) is 16.4 Å². The summed E-state index contributed by atoms with van der Waals surface area (Å²) in [5.74, 6) is 6.53. The topological polar surface area (TPSA) is 59.1 Å². The predicted octanol–water partition coefficient (Wildman–Crippen LogP) is 2.60. The summed E-state index contributed by atoms with van der Waals surface area (Å²) in [4.78, 5) is 2.57. The Labute approximate surface area is 135 Å². The van der Waals surface area contributed by atoms with Crippen LogP contribution in [0.5, 0.6) is 0 Å². The van der Waals surface area contributed by atoms with Crippen molar-refractivity contribution in [2.24, 2.45) is 11.8 Å². The zero-order valence-corrected chi connectivity index (χ0v) is 14.7. The van der Waals surface area contributed by atoms with E-state index in [0.29, 0.717) is 12.0 Å². The number of piperidine rings is 1. The monoisotopic (exact) mass is 355 g/mol. The summed E-state index contributed by atoms with van der Waals surface area (Å²) >= 11 is 3.66. The quantitative estimate of drug-likeness (QED) is 0.643. The van der Waals surface area contributed by atoms with E-state index in [2.05, 4.69) is 56.9 Å². The molecule has 5 nitrogen and oxygen atoms in total. The molecule has 6 heteroatoms. The second kappa shape index (κ2) is 5.99. The molecule has 3 heterocycles. The van der Waals surface area contributed by atoms with E-state index in [-0.39, 0.29) is 6.04 Å². The van der Waals surface area contributed by atoms with E-state index in [1.807, 2.05) is 6.20 Å². The predicted molar refractivity (Wildman–Crippen MR) is 87.7 cm³/mol. The van der Waals surface area contributed by atoms with Gasteiger partial charge in [-0.3, -0.25) is 16.0 Å². The van der Waals surface area contributed by atoms with Gasteiger partial charge < -0.3 is 4.90 Å². The fourth-order valence-corrected chi connectivity index (χ4v) is 4.74. The molecule has 1 aromatic heterocycles. The fraction of sp³-hybridized carbons (Fsp3) is 0.800. The van der Waals surface area contributed by atoms with Crippen LogP contribution >= 0.6 is 15.9 Å². The summed E-state index contributed by atoms with van der Waals surface area (Å²) in [6, 6.07) is 1.95. The maximum atomic E-state index is 5.95. The fourth-order valence-electron chi connectivity index (χ4n) is 4.22. The van der Waals surface area contributed by atoms with Gasteiger partial charge in [0.05, 0.1) is 22.4 Å². The largest absolute Gasteiger partial charge is 0.300 e. The highest BCUT2D eigenvalue weighted by Gasteiger charge is 2.42. The number of halogens is 1. The third kappa shape index (κ3) is 2.67. The van der Waals surface area contributed by atoms with Gasteiger partial charge in [-0.05, 0) is 68.4 Å². The zero-order chi connectivity index (χ0) is 15.1. The van der Waals surface area contributed by atoms with Crippen LogP contribution in [0.15, 0.2) is 10.7 Å². The number of aromatic nitrogens is 2. The number of nitrogens with one attached hydrogen (secondary N) is 1. The highest BCUT2D eigenvalue weighted by atomic mass is 79.9. The Morgan fingerprint density at radius 1 is 1.33 bits per heavy atom. The summed E-state index contributed by atoms with van der Waals surface area (Å²) in [7, 11) is 2.28. The third-order valence-corrected chi connectivity index (χ3v) is 5.97. The van der Waals surface area contributed by atoms with Gasteiger partial charge in [0.15, 0.2) is 0 Å². The minimum absolute atomic E-state index is 0.168. The molecule has 0 radical (unpaired) electrons. The standard InChI is InChI=1S/C15H26BrN5/c1-9(2)21-15(13(16)8-18-21)14(19-17)10-6-11-4-5-12(7-10)20(11)3/h8-12,14,19H,4-7,17H2,1-3H3. The number of nitrogens with two attached hydrogens (primary N) is 1. The first-order valence-electron chi connectivity index (χ1n) is 7.93. The van der Waals surface area contributed by atoms with Gasteiger partial charge in [0.25, 0.3) is 0 Å². The van der Waals surface area contributed by atoms with Crippen LogP contribution in [0.2, 0.25) is 0 Å². The maximum Gasteiger partial charge on any atom is 0.0715 e. The molecule has 0 saturated carbocycles. The molecule has 3 atom stereocenters. The van der Waals surface area contributed by atoms with E-state index in [9.17, 15) is 0 Å². The van der Waals surface area contributed by atoms with Crippen LogP contribution in [0.4, 0.5) is 0 Å². The average molecular weight is 356 g/mol. The van der Waals surface area contributed by atoms with Crippen LogP contribution in [0.25, 0.3) is 0 Å². The van der Waals surface area contributed by atoms with Gasteiger partial charge in [-0.25, -0.2) is 0 Å². The van der Waals surface area contributed by atoms with E-state index >= 15 is 0 Å². The van der Waals surface area contributed by atoms with E-state index in [0.717, 1.165) is 16.6 Å². The highest BCUT2D eigenvalue weighted by molar-refractivity contribution is 9.10. The SMILES string of the molecule is CC(C)n1ncc(Br)c1C(NN)C1CC2CCC(C1)N2C. The number of nitrogens with zero attached hydrogens (tertiary/aromatic N) is 3. The molecule has 21 heavy (non-hydrogen) atoms. The van der Waals surface area contributed by atoms with Crippen molar-refractivity contribution in [1.29, 1.82) is 0 Å². The Morgan fingerprint density at radius 2 is 1.95 bits per heavy atom. The van der Waals surface area contributed by atoms with Crippen LogP contribution < -0.4 is 11.3 Å². The first-order chi connectivity index (χ1) is 10.0. The van der Waals surface area contributed by atoms with Crippen LogP contribution in [-0.2, 0) is 0 Å². The van der Waals surface area contributed by atoms with Gasteiger partial charge in [-0.1, -0.05) is 0 Å². The van der Waals surface area contributed by atoms with E-state index in [4.69, 9.17) is 5.84 Å². The van der Waals surface area contributed by atoms with E-state index < -0.39 is 0 Å². The van der Waals surface area contributed by atoms with Crippen molar-refractivity contribution in [3.8, 4) is 0 Å². The number of hydrazine groups is 1. The molecule has 0 spiro atoms. The molecule has 2 aliphatic heterocycles. The maximum absolute atomic E-state index is 5.95. The number of rotatable bonds is 4. The highest BCUT2D eigenvalue weighted by Crippen LogP contribution is 2.43. The van der Waals surface area contributed by atoms with Gasteiger partial charge in [-0.15, -0.1) is 0 Å². The van der Waals surface area contributed by atoms with Gasteiger partial charge in [0.2, 0.25) is 0 Å². The van der Waals surface area contributed by atoms with Crippen LogP contribution in [0.1, 0.15) is 57.3 Å². The van der Waals surface area contributed by atoms with Crippen LogP contribution in [0, 0.1) is 5.92 Å². The molecular formula is C15H26BrN5. The Morgan fingerprint density at radius 3 is 2.48 bits per heavy atom. The molecule has 3 N–H and O–H groups in total. The van der Waals surface area contributed by atoms with Gasteiger partial charge in [0, 0.05) is 18.1 Å². The van der Waals surface area contributed by atoms with Crippen molar-refractivity contribution in [3.63, 3.8) is 0 Å². The molecule has 0 amide bonds. The first-order valence-corrected chi connectivity index (χ1v) is 8.73. The van der Waals surface area contributed by atoms with Crippen LogP contribution in [-0.4, -0.2) is 33.8 Å².